The van der Waals surface area contributed by atoms with E-state index < -0.39 is 39.5 Å². The van der Waals surface area contributed by atoms with Crippen LogP contribution in [-0.4, -0.2) is 32.2 Å². The van der Waals surface area contributed by atoms with Gasteiger partial charge in [-0.15, -0.1) is 0 Å². The van der Waals surface area contributed by atoms with Crippen molar-refractivity contribution in [2.24, 2.45) is 0 Å². The summed E-state index contributed by atoms with van der Waals surface area (Å²) in [5, 5.41) is 4.92. The van der Waals surface area contributed by atoms with Gasteiger partial charge >= 0.3 is 12.2 Å². The van der Waals surface area contributed by atoms with E-state index in [1.807, 2.05) is 18.2 Å². The Morgan fingerprint density at radius 2 is 1.81 bits per heavy atom. The van der Waals surface area contributed by atoms with Crippen LogP contribution in [0.1, 0.15) is 30.7 Å². The summed E-state index contributed by atoms with van der Waals surface area (Å²) in [7, 11) is -4.53. The Labute approximate surface area is 205 Å². The summed E-state index contributed by atoms with van der Waals surface area (Å²) in [6, 6.07) is 11.4. The molecule has 1 aliphatic rings. The highest BCUT2D eigenvalue weighted by Gasteiger charge is 2.30. The number of anilines is 2. The van der Waals surface area contributed by atoms with Gasteiger partial charge in [-0.2, -0.15) is 13.2 Å². The molecule has 1 aromatic heterocycles. The summed E-state index contributed by atoms with van der Waals surface area (Å²) in [5.74, 6) is -0.263. The van der Waals surface area contributed by atoms with E-state index in [0.29, 0.717) is 17.0 Å². The molecule has 4 rings (SSSR count). The van der Waals surface area contributed by atoms with Gasteiger partial charge in [0.25, 0.3) is 0 Å². The van der Waals surface area contributed by atoms with E-state index in [-0.39, 0.29) is 11.4 Å². The number of rotatable bonds is 7. The molecule has 0 aliphatic heterocycles. The Bertz CT molecular complexity index is 1380. The lowest BCUT2D eigenvalue weighted by Crippen LogP contribution is -2.33. The van der Waals surface area contributed by atoms with E-state index in [9.17, 15) is 30.8 Å². The number of benzene rings is 2. The monoisotopic (exact) mass is 522 g/mol. The van der Waals surface area contributed by atoms with E-state index in [0.717, 1.165) is 43.2 Å². The molecule has 190 valence electrons. The van der Waals surface area contributed by atoms with Gasteiger partial charge in [-0.25, -0.2) is 22.3 Å². The van der Waals surface area contributed by atoms with Gasteiger partial charge in [-0.1, -0.05) is 36.8 Å². The molecular weight excluding hydrogens is 500 g/mol. The molecule has 12 heteroatoms. The van der Waals surface area contributed by atoms with Crippen molar-refractivity contribution in [1.29, 1.82) is 0 Å². The van der Waals surface area contributed by atoms with Crippen LogP contribution in [0.25, 0.3) is 11.1 Å². The number of aromatic nitrogens is 1. The third kappa shape index (κ3) is 6.38. The first kappa shape index (κ1) is 25.6. The highest BCUT2D eigenvalue weighted by molar-refractivity contribution is 7.89. The lowest BCUT2D eigenvalue weighted by Gasteiger charge is -2.26. The van der Waals surface area contributed by atoms with Crippen molar-refractivity contribution in [1.82, 2.24) is 9.71 Å². The zero-order valence-electron chi connectivity index (χ0n) is 18.8. The van der Waals surface area contributed by atoms with Crippen LogP contribution in [0.15, 0.2) is 65.8 Å². The van der Waals surface area contributed by atoms with Crippen LogP contribution in [0, 0.1) is 5.82 Å². The van der Waals surface area contributed by atoms with Gasteiger partial charge in [0.1, 0.15) is 12.4 Å². The van der Waals surface area contributed by atoms with Gasteiger partial charge in [-0.3, -0.25) is 4.98 Å². The summed E-state index contributed by atoms with van der Waals surface area (Å²) in [6.45, 7) is -1.74. The number of nitrogens with zero attached hydrogens (tertiary/aromatic N) is 1. The Morgan fingerprint density at radius 3 is 2.47 bits per heavy atom. The maximum Gasteiger partial charge on any atom is 0.402 e. The van der Waals surface area contributed by atoms with Crippen LogP contribution >= 0.6 is 0 Å². The minimum Gasteiger partial charge on any atom is -0.307 e. The standard InChI is InChI=1S/C24H22F4N4O3S/c25-18-10-19(13-29-12-18)31-23(33)32-22-11-20(36(34,35)30-14-24(26,27)28)7-8-21(22)17-6-2-5-16(9-17)15-3-1-4-15/h2,5-13,15,30H,1,3-4,14H2,(H2,31,32,33). The number of sulfonamides is 1. The number of carbonyl (C=O) groups excluding carboxylic acids is 1. The summed E-state index contributed by atoms with van der Waals surface area (Å²) in [5.41, 5.74) is 2.34. The zero-order chi connectivity index (χ0) is 25.9. The summed E-state index contributed by atoms with van der Waals surface area (Å²) in [6.07, 6.45) is 0.677. The highest BCUT2D eigenvalue weighted by atomic mass is 32.2. The second kappa shape index (κ2) is 10.2. The van der Waals surface area contributed by atoms with Crippen LogP contribution in [0.2, 0.25) is 0 Å². The SMILES string of the molecule is O=C(Nc1cncc(F)c1)Nc1cc(S(=O)(=O)NCC(F)(F)F)ccc1-c1cccc(C2CCC2)c1. The molecule has 0 saturated heterocycles. The molecule has 3 aromatic rings. The summed E-state index contributed by atoms with van der Waals surface area (Å²) < 4.78 is 77.7. The number of urea groups is 1. The fraction of sp³-hybridized carbons (Fsp3) is 0.250. The van der Waals surface area contributed by atoms with E-state index in [1.165, 1.54) is 23.1 Å². The van der Waals surface area contributed by atoms with Crippen LogP contribution < -0.4 is 15.4 Å². The number of alkyl halides is 3. The van der Waals surface area contributed by atoms with Crippen LogP contribution in [0.3, 0.4) is 0 Å². The van der Waals surface area contributed by atoms with E-state index in [4.69, 9.17) is 0 Å². The zero-order valence-corrected chi connectivity index (χ0v) is 19.6. The van der Waals surface area contributed by atoms with Crippen molar-refractivity contribution in [3.8, 4) is 11.1 Å². The van der Waals surface area contributed by atoms with Crippen molar-refractivity contribution in [3.63, 3.8) is 0 Å². The third-order valence-corrected chi connectivity index (χ3v) is 7.15. The molecule has 0 radical (unpaired) electrons. The molecule has 2 aromatic carbocycles. The quantitative estimate of drug-likeness (QED) is 0.350. The summed E-state index contributed by atoms with van der Waals surface area (Å²) in [4.78, 5) is 15.8. The first-order valence-electron chi connectivity index (χ1n) is 11.0. The number of nitrogens with one attached hydrogen (secondary N) is 3. The van der Waals surface area contributed by atoms with Gasteiger partial charge in [0.2, 0.25) is 10.0 Å². The predicted octanol–water partition coefficient (Wildman–Crippen LogP) is 5.64. The molecule has 7 nitrogen and oxygen atoms in total. The molecule has 1 heterocycles. The molecule has 2 amide bonds. The maximum absolute atomic E-state index is 13.4. The van der Waals surface area contributed by atoms with Gasteiger partial charge in [0.15, 0.2) is 0 Å². The summed E-state index contributed by atoms with van der Waals surface area (Å²) >= 11 is 0. The Balaban J connectivity index is 1.68. The molecular formula is C24H22F4N4O3S. The predicted molar refractivity (Wildman–Crippen MR) is 127 cm³/mol. The molecule has 1 fully saturated rings. The Kier molecular flexibility index (Phi) is 7.27. The molecule has 1 saturated carbocycles. The van der Waals surface area contributed by atoms with Crippen molar-refractivity contribution in [2.45, 2.75) is 36.3 Å². The molecule has 36 heavy (non-hydrogen) atoms. The van der Waals surface area contributed by atoms with Crippen molar-refractivity contribution >= 4 is 27.4 Å². The molecule has 0 unspecified atom stereocenters. The third-order valence-electron chi connectivity index (χ3n) is 5.75. The van der Waals surface area contributed by atoms with Crippen LogP contribution in [0.5, 0.6) is 0 Å². The average Bonchev–Trinajstić information content (AvgIpc) is 2.76. The lowest BCUT2D eigenvalue weighted by atomic mass is 9.79. The minimum absolute atomic E-state index is 0.0394. The minimum atomic E-state index is -4.74. The van der Waals surface area contributed by atoms with Gasteiger partial charge in [0.05, 0.1) is 28.7 Å². The first-order chi connectivity index (χ1) is 17.0. The number of hydrogen-bond acceptors (Lipinski definition) is 4. The van der Waals surface area contributed by atoms with Crippen molar-refractivity contribution < 1.29 is 30.8 Å². The molecule has 0 bridgehead atoms. The number of amides is 2. The molecule has 0 atom stereocenters. The highest BCUT2D eigenvalue weighted by Crippen LogP contribution is 2.39. The normalized spacial score (nSPS) is 14.2. The first-order valence-corrected chi connectivity index (χ1v) is 12.5. The molecule has 0 spiro atoms. The Hall–Kier alpha value is -3.51. The Morgan fingerprint density at radius 1 is 1.03 bits per heavy atom. The van der Waals surface area contributed by atoms with E-state index >= 15 is 0 Å². The molecule has 3 N–H and O–H groups in total. The second-order valence-corrected chi connectivity index (χ2v) is 10.1. The molecule has 1 aliphatic carbocycles. The van der Waals surface area contributed by atoms with E-state index in [2.05, 4.69) is 15.6 Å². The lowest BCUT2D eigenvalue weighted by molar-refractivity contribution is -0.121. The van der Waals surface area contributed by atoms with Crippen LogP contribution in [-0.2, 0) is 10.0 Å². The number of pyridine rings is 1. The number of hydrogen-bond donors (Lipinski definition) is 3. The fourth-order valence-corrected chi connectivity index (χ4v) is 4.81. The second-order valence-electron chi connectivity index (χ2n) is 8.37. The number of halogens is 4. The van der Waals surface area contributed by atoms with Crippen molar-refractivity contribution in [2.75, 3.05) is 17.2 Å². The average molecular weight is 523 g/mol. The fourth-order valence-electron chi connectivity index (χ4n) is 3.77. The largest absolute Gasteiger partial charge is 0.402 e. The maximum atomic E-state index is 13.4. The smallest absolute Gasteiger partial charge is 0.307 e. The number of carbonyl (C=O) groups is 1. The van der Waals surface area contributed by atoms with Crippen LogP contribution in [0.4, 0.5) is 33.7 Å². The van der Waals surface area contributed by atoms with Gasteiger partial charge < -0.3 is 10.6 Å². The van der Waals surface area contributed by atoms with E-state index in [1.54, 1.807) is 6.07 Å². The van der Waals surface area contributed by atoms with Crippen molar-refractivity contribution in [3.05, 3.63) is 72.3 Å². The van der Waals surface area contributed by atoms with Gasteiger partial charge in [-0.05, 0) is 42.0 Å². The van der Waals surface area contributed by atoms with Gasteiger partial charge in [0, 0.05) is 11.6 Å². The topological polar surface area (TPSA) is 100 Å².